The highest BCUT2D eigenvalue weighted by atomic mass is 16.7. The minimum atomic E-state index is -0.239. The summed E-state index contributed by atoms with van der Waals surface area (Å²) >= 11 is 0. The smallest absolute Gasteiger partial charge is 0.168 e. The van der Waals surface area contributed by atoms with Gasteiger partial charge in [0.05, 0.1) is 13.2 Å². The Morgan fingerprint density at radius 1 is 0.941 bits per heavy atom. The van der Waals surface area contributed by atoms with Gasteiger partial charge in [0.25, 0.3) is 0 Å². The van der Waals surface area contributed by atoms with Crippen LogP contribution in [0.15, 0.2) is 0 Å². The lowest BCUT2D eigenvalue weighted by Gasteiger charge is -2.39. The van der Waals surface area contributed by atoms with Crippen molar-refractivity contribution in [2.75, 3.05) is 13.2 Å². The lowest BCUT2D eigenvalue weighted by atomic mass is 9.86. The summed E-state index contributed by atoms with van der Waals surface area (Å²) in [5.41, 5.74) is 0. The van der Waals surface area contributed by atoms with Crippen LogP contribution in [0.2, 0.25) is 0 Å². The Morgan fingerprint density at radius 3 is 1.82 bits per heavy atom. The molecular formula is C15H30O2. The van der Waals surface area contributed by atoms with Crippen molar-refractivity contribution in [1.29, 1.82) is 0 Å². The molecule has 1 aliphatic carbocycles. The van der Waals surface area contributed by atoms with Crippen molar-refractivity contribution in [2.45, 2.75) is 77.9 Å². The molecular weight excluding hydrogens is 212 g/mol. The molecule has 1 rings (SSSR count). The predicted molar refractivity (Wildman–Crippen MR) is 72.1 cm³/mol. The average Bonchev–Trinajstić information content (AvgIpc) is 2.34. The zero-order chi connectivity index (χ0) is 12.6. The van der Waals surface area contributed by atoms with Crippen LogP contribution in [0.4, 0.5) is 0 Å². The van der Waals surface area contributed by atoms with Crippen LogP contribution in [0.5, 0.6) is 0 Å². The number of unbranched alkanes of at least 4 members (excludes halogenated alkanes) is 2. The average molecular weight is 242 g/mol. The van der Waals surface area contributed by atoms with E-state index in [1.165, 1.54) is 25.7 Å². The highest BCUT2D eigenvalue weighted by molar-refractivity contribution is 4.78. The maximum Gasteiger partial charge on any atom is 0.168 e. The third-order valence-corrected chi connectivity index (χ3v) is 3.76. The van der Waals surface area contributed by atoms with E-state index in [0.717, 1.165) is 44.8 Å². The monoisotopic (exact) mass is 242 g/mol. The van der Waals surface area contributed by atoms with Gasteiger partial charge in [-0.15, -0.1) is 0 Å². The van der Waals surface area contributed by atoms with Gasteiger partial charge >= 0.3 is 0 Å². The van der Waals surface area contributed by atoms with Crippen LogP contribution < -0.4 is 0 Å². The van der Waals surface area contributed by atoms with E-state index < -0.39 is 0 Å². The SMILES string of the molecule is CCCCOC1(OCCCC)CCC(C)CC1. The molecule has 0 amide bonds. The topological polar surface area (TPSA) is 18.5 Å². The minimum Gasteiger partial charge on any atom is -0.350 e. The number of hydrogen-bond donors (Lipinski definition) is 0. The fourth-order valence-corrected chi connectivity index (χ4v) is 2.34. The Hall–Kier alpha value is -0.0800. The lowest BCUT2D eigenvalue weighted by molar-refractivity contribution is -0.256. The largest absolute Gasteiger partial charge is 0.350 e. The number of rotatable bonds is 8. The Morgan fingerprint density at radius 2 is 1.41 bits per heavy atom. The summed E-state index contributed by atoms with van der Waals surface area (Å²) in [5.74, 6) is 0.601. The summed E-state index contributed by atoms with van der Waals surface area (Å²) in [6.07, 6.45) is 9.35. The van der Waals surface area contributed by atoms with Crippen LogP contribution in [-0.2, 0) is 9.47 Å². The summed E-state index contributed by atoms with van der Waals surface area (Å²) in [5, 5.41) is 0. The van der Waals surface area contributed by atoms with E-state index in [4.69, 9.17) is 9.47 Å². The molecule has 0 spiro atoms. The van der Waals surface area contributed by atoms with E-state index in [-0.39, 0.29) is 5.79 Å². The Bertz CT molecular complexity index is 171. The molecule has 0 aromatic heterocycles. The van der Waals surface area contributed by atoms with Gasteiger partial charge in [-0.25, -0.2) is 0 Å². The first-order valence-corrected chi connectivity index (χ1v) is 7.50. The second-order valence-electron chi connectivity index (χ2n) is 5.50. The van der Waals surface area contributed by atoms with Crippen LogP contribution >= 0.6 is 0 Å². The second-order valence-corrected chi connectivity index (χ2v) is 5.50. The standard InChI is InChI=1S/C15H30O2/c1-4-6-12-16-15(17-13-7-5-2)10-8-14(3)9-11-15/h14H,4-13H2,1-3H3. The second kappa shape index (κ2) is 8.10. The highest BCUT2D eigenvalue weighted by Crippen LogP contribution is 2.36. The van der Waals surface area contributed by atoms with Gasteiger partial charge in [0.1, 0.15) is 0 Å². The fraction of sp³-hybridized carbons (Fsp3) is 1.00. The maximum absolute atomic E-state index is 6.08. The quantitative estimate of drug-likeness (QED) is 0.460. The molecule has 1 fully saturated rings. The van der Waals surface area contributed by atoms with E-state index in [2.05, 4.69) is 20.8 Å². The third-order valence-electron chi connectivity index (χ3n) is 3.76. The Kier molecular flexibility index (Phi) is 7.14. The molecule has 0 aromatic rings. The van der Waals surface area contributed by atoms with E-state index in [9.17, 15) is 0 Å². The molecule has 0 N–H and O–H groups in total. The molecule has 0 heterocycles. The first kappa shape index (κ1) is 15.0. The van der Waals surface area contributed by atoms with Gasteiger partial charge in [-0.05, 0) is 31.6 Å². The van der Waals surface area contributed by atoms with E-state index in [1.54, 1.807) is 0 Å². The zero-order valence-corrected chi connectivity index (χ0v) is 12.0. The lowest BCUT2D eigenvalue weighted by Crippen LogP contribution is -2.40. The van der Waals surface area contributed by atoms with Gasteiger partial charge in [0.15, 0.2) is 5.79 Å². The maximum atomic E-state index is 6.08. The Balaban J connectivity index is 2.39. The minimum absolute atomic E-state index is 0.239. The summed E-state index contributed by atoms with van der Waals surface area (Å²) in [6.45, 7) is 8.46. The van der Waals surface area contributed by atoms with Crippen molar-refractivity contribution in [3.05, 3.63) is 0 Å². The summed E-state index contributed by atoms with van der Waals surface area (Å²) < 4.78 is 12.2. The molecule has 0 saturated heterocycles. The van der Waals surface area contributed by atoms with Crippen LogP contribution in [0, 0.1) is 5.92 Å². The van der Waals surface area contributed by atoms with Gasteiger partial charge < -0.3 is 9.47 Å². The molecule has 102 valence electrons. The summed E-state index contributed by atoms with van der Waals surface area (Å²) in [4.78, 5) is 0. The van der Waals surface area contributed by atoms with Crippen molar-refractivity contribution < 1.29 is 9.47 Å². The molecule has 0 unspecified atom stereocenters. The molecule has 2 heteroatoms. The molecule has 17 heavy (non-hydrogen) atoms. The van der Waals surface area contributed by atoms with Gasteiger partial charge in [-0.3, -0.25) is 0 Å². The van der Waals surface area contributed by atoms with Crippen LogP contribution in [0.3, 0.4) is 0 Å². The molecule has 0 bridgehead atoms. The normalized spacial score (nSPS) is 20.6. The van der Waals surface area contributed by atoms with Crippen molar-refractivity contribution in [3.63, 3.8) is 0 Å². The van der Waals surface area contributed by atoms with Crippen LogP contribution in [-0.4, -0.2) is 19.0 Å². The van der Waals surface area contributed by atoms with Gasteiger partial charge in [-0.1, -0.05) is 33.6 Å². The van der Waals surface area contributed by atoms with Gasteiger partial charge in [0.2, 0.25) is 0 Å². The molecule has 0 aromatic carbocycles. The van der Waals surface area contributed by atoms with Crippen molar-refractivity contribution in [1.82, 2.24) is 0 Å². The highest BCUT2D eigenvalue weighted by Gasteiger charge is 2.35. The summed E-state index contributed by atoms with van der Waals surface area (Å²) in [6, 6.07) is 0. The molecule has 0 aliphatic heterocycles. The fourth-order valence-electron chi connectivity index (χ4n) is 2.34. The predicted octanol–water partition coefficient (Wildman–Crippen LogP) is 4.53. The van der Waals surface area contributed by atoms with Gasteiger partial charge in [0, 0.05) is 12.8 Å². The van der Waals surface area contributed by atoms with E-state index >= 15 is 0 Å². The van der Waals surface area contributed by atoms with E-state index in [0.29, 0.717) is 0 Å². The summed E-state index contributed by atoms with van der Waals surface area (Å²) in [7, 11) is 0. The van der Waals surface area contributed by atoms with Gasteiger partial charge in [-0.2, -0.15) is 0 Å². The van der Waals surface area contributed by atoms with Crippen molar-refractivity contribution >= 4 is 0 Å². The Labute approximate surface area is 107 Å². The molecule has 1 saturated carbocycles. The zero-order valence-electron chi connectivity index (χ0n) is 12.0. The molecule has 2 nitrogen and oxygen atoms in total. The van der Waals surface area contributed by atoms with Crippen molar-refractivity contribution in [2.24, 2.45) is 5.92 Å². The molecule has 1 aliphatic rings. The van der Waals surface area contributed by atoms with E-state index in [1.807, 2.05) is 0 Å². The first-order valence-electron chi connectivity index (χ1n) is 7.50. The molecule has 0 atom stereocenters. The number of ether oxygens (including phenoxy) is 2. The van der Waals surface area contributed by atoms with Crippen LogP contribution in [0.25, 0.3) is 0 Å². The number of hydrogen-bond acceptors (Lipinski definition) is 2. The van der Waals surface area contributed by atoms with Crippen molar-refractivity contribution in [3.8, 4) is 0 Å². The first-order chi connectivity index (χ1) is 8.22. The third kappa shape index (κ3) is 5.39. The van der Waals surface area contributed by atoms with Crippen LogP contribution in [0.1, 0.15) is 72.1 Å². The molecule has 0 radical (unpaired) electrons.